The lowest BCUT2D eigenvalue weighted by Gasteiger charge is -2.30. The molecule has 0 aromatic carbocycles. The van der Waals surface area contributed by atoms with Crippen LogP contribution in [0.4, 0.5) is 8.78 Å². The zero-order chi connectivity index (χ0) is 13.9. The van der Waals surface area contributed by atoms with Gasteiger partial charge >= 0.3 is 0 Å². The first-order valence-electron chi connectivity index (χ1n) is 5.66. The van der Waals surface area contributed by atoms with Crippen LogP contribution >= 0.6 is 23.6 Å². The number of rotatable bonds is 7. The molecule has 0 aliphatic carbocycles. The molecule has 0 aromatic rings. The Labute approximate surface area is 113 Å². The van der Waals surface area contributed by atoms with Crippen LogP contribution in [-0.4, -0.2) is 47.6 Å². The fourth-order valence-electron chi connectivity index (χ4n) is 1.20. The molecule has 0 N–H and O–H groups in total. The van der Waals surface area contributed by atoms with Crippen LogP contribution in [0.25, 0.3) is 0 Å². The van der Waals surface area contributed by atoms with Crippen molar-refractivity contribution in [1.82, 2.24) is 3.94 Å². The molecule has 0 amide bonds. The van der Waals surface area contributed by atoms with Gasteiger partial charge in [0.05, 0.1) is 34.1 Å². The van der Waals surface area contributed by atoms with Gasteiger partial charge in [-0.25, -0.2) is 8.78 Å². The van der Waals surface area contributed by atoms with E-state index in [-0.39, 0.29) is 19.3 Å². The maximum atomic E-state index is 13.6. The number of halogens is 4. The van der Waals surface area contributed by atoms with E-state index in [9.17, 15) is 8.78 Å². The van der Waals surface area contributed by atoms with E-state index in [1.165, 1.54) is 0 Å². The van der Waals surface area contributed by atoms with Crippen LogP contribution in [0.2, 0.25) is 0 Å². The van der Waals surface area contributed by atoms with Crippen molar-refractivity contribution in [3.63, 3.8) is 0 Å². The van der Waals surface area contributed by atoms with Crippen LogP contribution in [0.15, 0.2) is 0 Å². The van der Waals surface area contributed by atoms with Gasteiger partial charge in [0, 0.05) is 12.0 Å². The first-order valence-corrected chi connectivity index (χ1v) is 6.33. The highest BCUT2D eigenvalue weighted by Crippen LogP contribution is 2.32. The molecule has 17 heavy (non-hydrogen) atoms. The van der Waals surface area contributed by atoms with Crippen molar-refractivity contribution in [2.24, 2.45) is 0 Å². The van der Waals surface area contributed by atoms with Crippen LogP contribution in [0, 0.1) is 0 Å². The summed E-state index contributed by atoms with van der Waals surface area (Å²) < 4.78 is 28.8. The number of hydrogen-bond acceptors (Lipinski definition) is 1. The lowest BCUT2D eigenvalue weighted by atomic mass is 9.96. The monoisotopic (exact) mass is 291 g/mol. The van der Waals surface area contributed by atoms with E-state index in [2.05, 4.69) is 0 Å². The second-order valence-electron chi connectivity index (χ2n) is 6.17. The van der Waals surface area contributed by atoms with Crippen molar-refractivity contribution in [1.29, 1.82) is 0 Å². The highest BCUT2D eigenvalue weighted by atomic mass is 35.5. The summed E-state index contributed by atoms with van der Waals surface area (Å²) in [6.45, 7) is 3.92. The van der Waals surface area contributed by atoms with Gasteiger partial charge in [-0.1, -0.05) is 0 Å². The third kappa shape index (κ3) is 8.14. The first-order chi connectivity index (χ1) is 7.36. The topological polar surface area (TPSA) is 3.24 Å². The SMILES string of the molecule is CC(C)(CCC(F)(F)CC[N+](C)(C)C)N(Cl)Cl. The molecule has 6 heteroatoms. The Morgan fingerprint density at radius 3 is 1.82 bits per heavy atom. The highest BCUT2D eigenvalue weighted by Gasteiger charge is 2.35. The molecule has 0 spiro atoms. The summed E-state index contributed by atoms with van der Waals surface area (Å²) in [6.07, 6.45) is -0.0583. The minimum Gasteiger partial charge on any atom is -0.331 e. The molecule has 104 valence electrons. The molecule has 0 aliphatic heterocycles. The van der Waals surface area contributed by atoms with Gasteiger partial charge in [-0.15, -0.1) is 3.94 Å². The second kappa shape index (κ2) is 6.00. The Kier molecular flexibility index (Phi) is 6.13. The first kappa shape index (κ1) is 17.4. The van der Waals surface area contributed by atoms with Gasteiger partial charge in [0.15, 0.2) is 0 Å². The fourth-order valence-corrected chi connectivity index (χ4v) is 1.37. The molecule has 0 heterocycles. The zero-order valence-corrected chi connectivity index (χ0v) is 12.7. The van der Waals surface area contributed by atoms with Crippen molar-refractivity contribution in [3.8, 4) is 0 Å². The van der Waals surface area contributed by atoms with Crippen molar-refractivity contribution >= 4 is 23.6 Å². The average Bonchev–Trinajstić information content (AvgIpc) is 2.11. The lowest BCUT2D eigenvalue weighted by molar-refractivity contribution is -0.871. The van der Waals surface area contributed by atoms with Crippen molar-refractivity contribution in [2.45, 2.75) is 44.6 Å². The summed E-state index contributed by atoms with van der Waals surface area (Å²) in [6, 6.07) is 0. The molecule has 0 atom stereocenters. The Bertz CT molecular complexity index is 238. The maximum Gasteiger partial charge on any atom is 0.253 e. The third-order valence-electron chi connectivity index (χ3n) is 2.71. The lowest BCUT2D eigenvalue weighted by Crippen LogP contribution is -2.39. The quantitative estimate of drug-likeness (QED) is 0.508. The summed E-state index contributed by atoms with van der Waals surface area (Å²) in [5.41, 5.74) is -0.636. The van der Waals surface area contributed by atoms with Crippen LogP contribution in [0.3, 0.4) is 0 Å². The normalized spacial score (nSPS) is 14.5. The standard InChI is InChI=1S/C11H23Cl2F2N2/c1-10(2,16(12)13)6-7-11(14,15)8-9-17(3,4)5/h6-9H2,1-5H3/q+1. The minimum atomic E-state index is -2.66. The number of quaternary nitrogens is 1. The van der Waals surface area contributed by atoms with E-state index >= 15 is 0 Å². The van der Waals surface area contributed by atoms with Crippen LogP contribution < -0.4 is 0 Å². The summed E-state index contributed by atoms with van der Waals surface area (Å²) in [4.78, 5) is 0. The molecule has 0 fully saturated rings. The Balaban J connectivity index is 4.19. The molecule has 0 saturated heterocycles. The molecule has 0 unspecified atom stereocenters. The predicted molar refractivity (Wildman–Crippen MR) is 69.3 cm³/mol. The molecular formula is C11H23Cl2F2N2+. The van der Waals surface area contributed by atoms with Gasteiger partial charge in [0.2, 0.25) is 0 Å². The predicted octanol–water partition coefficient (Wildman–Crippen LogP) is 3.89. The number of alkyl halides is 2. The Morgan fingerprint density at radius 2 is 1.47 bits per heavy atom. The van der Waals surface area contributed by atoms with Gasteiger partial charge in [-0.05, 0) is 43.8 Å². The Hall–Kier alpha value is 0.360. The van der Waals surface area contributed by atoms with E-state index < -0.39 is 11.5 Å². The van der Waals surface area contributed by atoms with Gasteiger partial charge in [0.1, 0.15) is 0 Å². The Morgan fingerprint density at radius 1 is 1.00 bits per heavy atom. The molecule has 0 radical (unpaired) electrons. The van der Waals surface area contributed by atoms with E-state index in [0.717, 1.165) is 3.94 Å². The molecule has 0 aliphatic rings. The summed E-state index contributed by atoms with van der Waals surface area (Å²) in [7, 11) is 5.71. The molecular weight excluding hydrogens is 269 g/mol. The van der Waals surface area contributed by atoms with Crippen LogP contribution in [-0.2, 0) is 0 Å². The second-order valence-corrected chi connectivity index (χ2v) is 7.01. The highest BCUT2D eigenvalue weighted by molar-refractivity contribution is 6.34. The number of hydrogen-bond donors (Lipinski definition) is 0. The van der Waals surface area contributed by atoms with Crippen LogP contribution in [0.5, 0.6) is 0 Å². The van der Waals surface area contributed by atoms with Crippen molar-refractivity contribution < 1.29 is 13.3 Å². The third-order valence-corrected chi connectivity index (χ3v) is 3.62. The zero-order valence-electron chi connectivity index (χ0n) is 11.2. The van der Waals surface area contributed by atoms with Crippen LogP contribution in [0.1, 0.15) is 33.1 Å². The molecule has 2 nitrogen and oxygen atoms in total. The van der Waals surface area contributed by atoms with E-state index in [4.69, 9.17) is 23.6 Å². The van der Waals surface area contributed by atoms with E-state index in [1.54, 1.807) is 13.8 Å². The van der Waals surface area contributed by atoms with Gasteiger partial charge in [-0.2, -0.15) is 0 Å². The smallest absolute Gasteiger partial charge is 0.253 e. The molecule has 0 saturated carbocycles. The molecule has 0 aromatic heterocycles. The van der Waals surface area contributed by atoms with E-state index in [0.29, 0.717) is 11.0 Å². The molecule has 0 bridgehead atoms. The fraction of sp³-hybridized carbons (Fsp3) is 1.00. The maximum absolute atomic E-state index is 13.6. The molecule has 0 rings (SSSR count). The van der Waals surface area contributed by atoms with Gasteiger partial charge < -0.3 is 4.48 Å². The van der Waals surface area contributed by atoms with Crippen molar-refractivity contribution in [2.75, 3.05) is 27.7 Å². The summed E-state index contributed by atoms with van der Waals surface area (Å²) >= 11 is 11.2. The number of nitrogens with zero attached hydrogens (tertiary/aromatic N) is 2. The van der Waals surface area contributed by atoms with Gasteiger partial charge in [0.25, 0.3) is 5.92 Å². The summed E-state index contributed by atoms with van der Waals surface area (Å²) in [5.74, 6) is -2.66. The van der Waals surface area contributed by atoms with Crippen molar-refractivity contribution in [3.05, 3.63) is 0 Å². The average molecular weight is 292 g/mol. The summed E-state index contributed by atoms with van der Waals surface area (Å²) in [5, 5.41) is 0. The largest absolute Gasteiger partial charge is 0.331 e. The van der Waals surface area contributed by atoms with Gasteiger partial charge in [-0.3, -0.25) is 0 Å². The minimum absolute atomic E-state index is 0.114. The van der Waals surface area contributed by atoms with E-state index in [1.807, 2.05) is 21.1 Å².